The molecule has 0 aliphatic rings. The monoisotopic (exact) mass is 242 g/mol. The van der Waals surface area contributed by atoms with Crippen molar-refractivity contribution in [2.45, 2.75) is 6.92 Å². The lowest BCUT2D eigenvalue weighted by Crippen LogP contribution is -2.01. The molecule has 1 N–H and O–H groups in total. The molecule has 0 aliphatic carbocycles. The number of carbonyl (C=O) groups is 3. The van der Waals surface area contributed by atoms with E-state index in [-0.39, 0.29) is 12.6 Å². The Hall–Kier alpha value is -2.37. The highest BCUT2D eigenvalue weighted by Gasteiger charge is 1.94. The Morgan fingerprint density at radius 3 is 2.12 bits per heavy atom. The van der Waals surface area contributed by atoms with Crippen LogP contribution in [0.15, 0.2) is 37.6 Å². The number of hydrogen-bond acceptors (Lipinski definition) is 5. The quantitative estimate of drug-likeness (QED) is 0.335. The summed E-state index contributed by atoms with van der Waals surface area (Å²) < 4.78 is 8.60. The van der Waals surface area contributed by atoms with Crippen LogP contribution >= 0.6 is 0 Å². The summed E-state index contributed by atoms with van der Waals surface area (Å²) in [6, 6.07) is 0. The molecule has 0 fully saturated rings. The third-order valence-electron chi connectivity index (χ3n) is 0.955. The second-order valence-corrected chi connectivity index (χ2v) is 2.37. The number of carboxylic acid groups (broad SMARTS) is 1. The van der Waals surface area contributed by atoms with Crippen molar-refractivity contribution in [3.63, 3.8) is 0 Å². The zero-order valence-electron chi connectivity index (χ0n) is 9.42. The van der Waals surface area contributed by atoms with Gasteiger partial charge in [0.25, 0.3) is 0 Å². The highest BCUT2D eigenvalue weighted by atomic mass is 16.5. The molecule has 6 nitrogen and oxygen atoms in total. The van der Waals surface area contributed by atoms with Crippen molar-refractivity contribution < 1.29 is 29.0 Å². The van der Waals surface area contributed by atoms with E-state index in [1.54, 1.807) is 0 Å². The summed E-state index contributed by atoms with van der Waals surface area (Å²) in [7, 11) is 0. The van der Waals surface area contributed by atoms with Crippen LogP contribution in [0.4, 0.5) is 0 Å². The molecule has 0 amide bonds. The highest BCUT2D eigenvalue weighted by Crippen LogP contribution is 1.81. The average Bonchev–Trinajstić information content (AvgIpc) is 2.24. The van der Waals surface area contributed by atoms with E-state index in [2.05, 4.69) is 22.6 Å². The molecule has 0 saturated heterocycles. The van der Waals surface area contributed by atoms with Gasteiger partial charge in [0, 0.05) is 19.1 Å². The molecule has 0 aromatic carbocycles. The van der Waals surface area contributed by atoms with Crippen LogP contribution in [0.2, 0.25) is 0 Å². The van der Waals surface area contributed by atoms with E-state index in [1.807, 2.05) is 0 Å². The molecule has 94 valence electrons. The molecule has 0 rings (SSSR count). The molecule has 0 saturated carbocycles. The van der Waals surface area contributed by atoms with Gasteiger partial charge in [0.1, 0.15) is 6.61 Å². The lowest BCUT2D eigenvalue weighted by atomic mass is 10.5. The van der Waals surface area contributed by atoms with E-state index in [0.29, 0.717) is 6.08 Å². The molecule has 0 atom stereocenters. The lowest BCUT2D eigenvalue weighted by Gasteiger charge is -1.93. The minimum Gasteiger partial charge on any atom is -0.478 e. The fourth-order valence-corrected chi connectivity index (χ4v) is 0.446. The van der Waals surface area contributed by atoms with Crippen molar-refractivity contribution in [3.8, 4) is 0 Å². The summed E-state index contributed by atoms with van der Waals surface area (Å²) in [5.74, 6) is -2.20. The van der Waals surface area contributed by atoms with Crippen LogP contribution < -0.4 is 0 Å². The van der Waals surface area contributed by atoms with Gasteiger partial charge in [0.05, 0.1) is 6.26 Å². The standard InChI is InChI=1S/C7H8O4.C4H6O2/c1-2-5-11-7(10)4-3-6(8)9;1-3-6-4(2)5/h2-4H,1,5H2,(H,8,9);3H,1H2,2H3. The Labute approximate surface area is 98.8 Å². The predicted octanol–water partition coefficient (Wildman–Crippen LogP) is 1.05. The van der Waals surface area contributed by atoms with E-state index in [9.17, 15) is 14.4 Å². The molecule has 0 aliphatic heterocycles. The SMILES string of the molecule is C=CCOC(=O)C=CC(=O)O.C=COC(C)=O. The van der Waals surface area contributed by atoms with Gasteiger partial charge in [-0.05, 0) is 0 Å². The van der Waals surface area contributed by atoms with Gasteiger partial charge in [-0.15, -0.1) is 0 Å². The van der Waals surface area contributed by atoms with E-state index < -0.39 is 11.9 Å². The second-order valence-electron chi connectivity index (χ2n) is 2.37. The first kappa shape index (κ1) is 17.0. The van der Waals surface area contributed by atoms with E-state index in [0.717, 1.165) is 12.3 Å². The summed E-state index contributed by atoms with van der Waals surface area (Å²) in [6.07, 6.45) is 4.05. The number of esters is 2. The van der Waals surface area contributed by atoms with Gasteiger partial charge in [-0.1, -0.05) is 19.2 Å². The Morgan fingerprint density at radius 2 is 1.82 bits per heavy atom. The van der Waals surface area contributed by atoms with Crippen molar-refractivity contribution in [1.82, 2.24) is 0 Å². The smallest absolute Gasteiger partial charge is 0.331 e. The summed E-state index contributed by atoms with van der Waals surface area (Å²) in [5, 5.41) is 8.07. The summed E-state index contributed by atoms with van der Waals surface area (Å²) in [4.78, 5) is 30.1. The van der Waals surface area contributed by atoms with Crippen molar-refractivity contribution in [2.24, 2.45) is 0 Å². The maximum Gasteiger partial charge on any atom is 0.331 e. The Balaban J connectivity index is 0. The van der Waals surface area contributed by atoms with Gasteiger partial charge in [-0.25, -0.2) is 9.59 Å². The van der Waals surface area contributed by atoms with Crippen LogP contribution in [0.25, 0.3) is 0 Å². The predicted molar refractivity (Wildman–Crippen MR) is 59.9 cm³/mol. The first-order valence-electron chi connectivity index (χ1n) is 4.40. The molecule has 0 unspecified atom stereocenters. The highest BCUT2D eigenvalue weighted by molar-refractivity contribution is 5.90. The molecule has 17 heavy (non-hydrogen) atoms. The molecule has 0 aromatic rings. The number of aliphatic carboxylic acids is 1. The van der Waals surface area contributed by atoms with Crippen LogP contribution in [0.3, 0.4) is 0 Å². The van der Waals surface area contributed by atoms with Crippen LogP contribution in [0.5, 0.6) is 0 Å². The molecule has 0 heterocycles. The molecule has 0 bridgehead atoms. The van der Waals surface area contributed by atoms with E-state index in [4.69, 9.17) is 5.11 Å². The zero-order chi connectivity index (χ0) is 13.7. The van der Waals surface area contributed by atoms with Crippen LogP contribution in [-0.2, 0) is 23.9 Å². The number of rotatable bonds is 5. The maximum atomic E-state index is 10.5. The van der Waals surface area contributed by atoms with Crippen LogP contribution in [0, 0.1) is 0 Å². The number of ether oxygens (including phenoxy) is 2. The third kappa shape index (κ3) is 19.9. The largest absolute Gasteiger partial charge is 0.478 e. The van der Waals surface area contributed by atoms with Gasteiger partial charge in [-0.3, -0.25) is 4.79 Å². The molecular formula is C11H14O6. The number of carboxylic acids is 1. The minimum atomic E-state index is -1.18. The van der Waals surface area contributed by atoms with Crippen LogP contribution in [0.1, 0.15) is 6.92 Å². The first-order valence-corrected chi connectivity index (χ1v) is 4.40. The third-order valence-corrected chi connectivity index (χ3v) is 0.955. The fraction of sp³-hybridized carbons (Fsp3) is 0.182. The van der Waals surface area contributed by atoms with Gasteiger partial charge in [0.15, 0.2) is 0 Å². The normalized spacial score (nSPS) is 8.53. The van der Waals surface area contributed by atoms with Gasteiger partial charge >= 0.3 is 17.9 Å². The number of carbonyl (C=O) groups excluding carboxylic acids is 2. The second kappa shape index (κ2) is 11.7. The minimum absolute atomic E-state index is 0.0861. The summed E-state index contributed by atoms with van der Waals surface area (Å²) >= 11 is 0. The fourth-order valence-electron chi connectivity index (χ4n) is 0.446. The topological polar surface area (TPSA) is 89.9 Å². The molecule has 0 spiro atoms. The number of hydrogen-bond donors (Lipinski definition) is 1. The maximum absolute atomic E-state index is 10.5. The van der Waals surface area contributed by atoms with Crippen molar-refractivity contribution in [3.05, 3.63) is 37.6 Å². The van der Waals surface area contributed by atoms with Crippen molar-refractivity contribution in [1.29, 1.82) is 0 Å². The average molecular weight is 242 g/mol. The van der Waals surface area contributed by atoms with Gasteiger partial charge in [-0.2, -0.15) is 0 Å². The summed E-state index contributed by atoms with van der Waals surface area (Å²) in [6.45, 7) is 7.88. The summed E-state index contributed by atoms with van der Waals surface area (Å²) in [5.41, 5.74) is 0. The van der Waals surface area contributed by atoms with Crippen molar-refractivity contribution in [2.75, 3.05) is 6.61 Å². The lowest BCUT2D eigenvalue weighted by molar-refractivity contribution is -0.137. The Bertz CT molecular complexity index is 316. The molecule has 6 heteroatoms. The Morgan fingerprint density at radius 1 is 1.24 bits per heavy atom. The van der Waals surface area contributed by atoms with E-state index in [1.165, 1.54) is 13.0 Å². The van der Waals surface area contributed by atoms with Gasteiger partial charge < -0.3 is 14.6 Å². The molecular weight excluding hydrogens is 228 g/mol. The first-order chi connectivity index (χ1) is 7.93. The van der Waals surface area contributed by atoms with E-state index >= 15 is 0 Å². The van der Waals surface area contributed by atoms with Crippen LogP contribution in [-0.4, -0.2) is 29.6 Å². The molecule has 0 radical (unpaired) electrons. The zero-order valence-corrected chi connectivity index (χ0v) is 9.42. The van der Waals surface area contributed by atoms with Crippen molar-refractivity contribution >= 4 is 17.9 Å². The van der Waals surface area contributed by atoms with Gasteiger partial charge in [0.2, 0.25) is 0 Å². The Kier molecular flexibility index (Phi) is 11.7. The molecule has 0 aromatic heterocycles.